The average molecular weight is 316 g/mol. The van der Waals surface area contributed by atoms with Crippen LogP contribution in [-0.2, 0) is 0 Å². The number of hydrogen-bond acceptors (Lipinski definition) is 5. The van der Waals surface area contributed by atoms with Crippen molar-refractivity contribution in [3.63, 3.8) is 0 Å². The fraction of sp³-hybridized carbons (Fsp3) is 0. The molecule has 0 fully saturated rings. The Morgan fingerprint density at radius 2 is 1.08 bits per heavy atom. The minimum absolute atomic E-state index is 0.445. The lowest BCUT2D eigenvalue weighted by Gasteiger charge is -1.97. The normalized spacial score (nSPS) is 10.7. The number of carbonyl (C=O) groups excluding carboxylic acids is 1. The second kappa shape index (κ2) is 5.88. The van der Waals surface area contributed by atoms with Crippen molar-refractivity contribution in [1.29, 1.82) is 0 Å². The molecule has 4 aromatic rings. The zero-order chi connectivity index (χ0) is 16.4. The zero-order valence-corrected chi connectivity index (χ0v) is 12.5. The first-order valence-corrected chi connectivity index (χ1v) is 7.31. The van der Waals surface area contributed by atoms with Crippen molar-refractivity contribution < 1.29 is 4.79 Å². The Kier molecular flexibility index (Phi) is 3.43. The molecule has 0 aliphatic carbocycles. The highest BCUT2D eigenvalue weighted by Gasteiger charge is 2.14. The van der Waals surface area contributed by atoms with Crippen molar-refractivity contribution in [2.75, 3.05) is 0 Å². The maximum absolute atomic E-state index is 12.5. The summed E-state index contributed by atoms with van der Waals surface area (Å²) in [6.45, 7) is 0. The quantitative estimate of drug-likeness (QED) is 0.568. The molecule has 7 nitrogen and oxygen atoms in total. The van der Waals surface area contributed by atoms with E-state index in [1.165, 1.54) is 0 Å². The van der Waals surface area contributed by atoms with Crippen LogP contribution in [0.5, 0.6) is 0 Å². The van der Waals surface area contributed by atoms with Gasteiger partial charge in [0.25, 0.3) is 0 Å². The van der Waals surface area contributed by atoms with Gasteiger partial charge in [0, 0.05) is 11.1 Å². The minimum Gasteiger partial charge on any atom is -0.243 e. The summed E-state index contributed by atoms with van der Waals surface area (Å²) in [5.74, 6) is 0. The van der Waals surface area contributed by atoms with Gasteiger partial charge in [-0.2, -0.15) is 9.36 Å². The first kappa shape index (κ1) is 14.0. The molecule has 0 saturated carbocycles. The zero-order valence-electron chi connectivity index (χ0n) is 12.5. The first-order valence-electron chi connectivity index (χ1n) is 7.31. The van der Waals surface area contributed by atoms with E-state index in [1.54, 1.807) is 12.4 Å². The minimum atomic E-state index is -0.445. The van der Waals surface area contributed by atoms with Crippen molar-refractivity contribution in [1.82, 2.24) is 30.0 Å². The van der Waals surface area contributed by atoms with Crippen molar-refractivity contribution >= 4 is 6.03 Å². The molecular formula is C17H12N6O. The Morgan fingerprint density at radius 3 is 1.50 bits per heavy atom. The van der Waals surface area contributed by atoms with Crippen LogP contribution >= 0.6 is 0 Å². The lowest BCUT2D eigenvalue weighted by Crippen LogP contribution is -2.20. The number of benzene rings is 2. The van der Waals surface area contributed by atoms with E-state index in [0.717, 1.165) is 20.5 Å². The van der Waals surface area contributed by atoms with E-state index < -0.39 is 6.03 Å². The molecule has 2 heterocycles. The van der Waals surface area contributed by atoms with Crippen molar-refractivity contribution in [2.45, 2.75) is 0 Å². The van der Waals surface area contributed by atoms with Gasteiger partial charge >= 0.3 is 6.03 Å². The predicted octanol–water partition coefficient (Wildman–Crippen LogP) is 2.72. The van der Waals surface area contributed by atoms with E-state index in [1.807, 2.05) is 60.7 Å². The van der Waals surface area contributed by atoms with E-state index in [-0.39, 0.29) is 0 Å². The van der Waals surface area contributed by atoms with Gasteiger partial charge in [-0.1, -0.05) is 71.1 Å². The SMILES string of the molecule is O=C(n1cc(-c2ccccc2)nn1)n1cc(-c2ccccc2)nn1. The highest BCUT2D eigenvalue weighted by atomic mass is 16.2. The van der Waals surface area contributed by atoms with Gasteiger partial charge in [-0.3, -0.25) is 0 Å². The molecule has 0 spiro atoms. The Balaban J connectivity index is 1.61. The summed E-state index contributed by atoms with van der Waals surface area (Å²) in [6.07, 6.45) is 3.14. The molecule has 24 heavy (non-hydrogen) atoms. The smallest absolute Gasteiger partial charge is 0.243 e. The fourth-order valence-electron chi connectivity index (χ4n) is 2.30. The van der Waals surface area contributed by atoms with Crippen LogP contribution in [0.1, 0.15) is 0 Å². The highest BCUT2D eigenvalue weighted by Crippen LogP contribution is 2.16. The van der Waals surface area contributed by atoms with Crippen LogP contribution in [0.25, 0.3) is 22.5 Å². The molecule has 0 aliphatic rings. The van der Waals surface area contributed by atoms with E-state index in [9.17, 15) is 4.79 Å². The van der Waals surface area contributed by atoms with Crippen molar-refractivity contribution in [2.24, 2.45) is 0 Å². The van der Waals surface area contributed by atoms with E-state index in [4.69, 9.17) is 0 Å². The Morgan fingerprint density at radius 1 is 0.667 bits per heavy atom. The highest BCUT2D eigenvalue weighted by molar-refractivity contribution is 5.79. The third kappa shape index (κ3) is 2.58. The second-order valence-electron chi connectivity index (χ2n) is 5.11. The molecule has 0 saturated heterocycles. The lowest BCUT2D eigenvalue weighted by atomic mass is 10.2. The molecule has 0 radical (unpaired) electrons. The summed E-state index contributed by atoms with van der Waals surface area (Å²) in [4.78, 5) is 12.5. The van der Waals surface area contributed by atoms with Gasteiger partial charge < -0.3 is 0 Å². The monoisotopic (exact) mass is 316 g/mol. The molecule has 4 rings (SSSR count). The lowest BCUT2D eigenvalue weighted by molar-refractivity contribution is 0.237. The topological polar surface area (TPSA) is 78.5 Å². The molecular weight excluding hydrogens is 304 g/mol. The standard InChI is InChI=1S/C17H12N6O/c24-17(22-11-15(18-20-22)13-7-3-1-4-8-13)23-12-16(19-21-23)14-9-5-2-6-10-14/h1-12H. The summed E-state index contributed by atoms with van der Waals surface area (Å²) >= 11 is 0. The third-order valence-electron chi connectivity index (χ3n) is 3.52. The Bertz CT molecular complexity index is 895. The van der Waals surface area contributed by atoms with Crippen LogP contribution in [-0.4, -0.2) is 36.0 Å². The molecule has 0 bridgehead atoms. The number of aromatic nitrogens is 6. The van der Waals surface area contributed by atoms with Gasteiger partial charge in [0.05, 0.1) is 12.4 Å². The summed E-state index contributed by atoms with van der Waals surface area (Å²) in [5, 5.41) is 15.8. The van der Waals surface area contributed by atoms with Crippen LogP contribution in [0.2, 0.25) is 0 Å². The third-order valence-corrected chi connectivity index (χ3v) is 3.52. The molecule has 0 N–H and O–H groups in total. The number of rotatable bonds is 2. The van der Waals surface area contributed by atoms with Crippen molar-refractivity contribution in [3.8, 4) is 22.5 Å². The van der Waals surface area contributed by atoms with Gasteiger partial charge in [0.2, 0.25) is 0 Å². The average Bonchev–Trinajstić information content (AvgIpc) is 3.33. The molecule has 7 heteroatoms. The molecule has 2 aromatic carbocycles. The molecule has 0 unspecified atom stereocenters. The van der Waals surface area contributed by atoms with E-state index >= 15 is 0 Å². The molecule has 0 atom stereocenters. The molecule has 0 aliphatic heterocycles. The predicted molar refractivity (Wildman–Crippen MR) is 87.1 cm³/mol. The summed E-state index contributed by atoms with van der Waals surface area (Å²) < 4.78 is 2.29. The van der Waals surface area contributed by atoms with Crippen LogP contribution in [0, 0.1) is 0 Å². The maximum atomic E-state index is 12.5. The fourth-order valence-corrected chi connectivity index (χ4v) is 2.30. The summed E-state index contributed by atoms with van der Waals surface area (Å²) in [7, 11) is 0. The molecule has 116 valence electrons. The number of carbonyl (C=O) groups is 1. The van der Waals surface area contributed by atoms with Crippen LogP contribution in [0.4, 0.5) is 4.79 Å². The molecule has 0 amide bonds. The van der Waals surface area contributed by atoms with E-state index in [0.29, 0.717) is 11.4 Å². The largest absolute Gasteiger partial charge is 0.372 e. The van der Waals surface area contributed by atoms with E-state index in [2.05, 4.69) is 20.6 Å². The van der Waals surface area contributed by atoms with Crippen LogP contribution in [0.15, 0.2) is 73.1 Å². The molecule has 2 aromatic heterocycles. The van der Waals surface area contributed by atoms with Gasteiger partial charge in [-0.05, 0) is 0 Å². The number of nitrogens with zero attached hydrogens (tertiary/aromatic N) is 6. The second-order valence-corrected chi connectivity index (χ2v) is 5.11. The van der Waals surface area contributed by atoms with Crippen molar-refractivity contribution in [3.05, 3.63) is 73.1 Å². The van der Waals surface area contributed by atoms with Gasteiger partial charge in [-0.25, -0.2) is 4.79 Å². The summed E-state index contributed by atoms with van der Waals surface area (Å²) in [6, 6.07) is 18.6. The summed E-state index contributed by atoms with van der Waals surface area (Å²) in [5.41, 5.74) is 3.01. The van der Waals surface area contributed by atoms with Gasteiger partial charge in [0.15, 0.2) is 0 Å². The maximum Gasteiger partial charge on any atom is 0.372 e. The van der Waals surface area contributed by atoms with Gasteiger partial charge in [-0.15, -0.1) is 10.2 Å². The Hall–Kier alpha value is -3.61. The van der Waals surface area contributed by atoms with Gasteiger partial charge in [0.1, 0.15) is 11.4 Å². The number of hydrogen-bond donors (Lipinski definition) is 0. The van der Waals surface area contributed by atoms with Crippen LogP contribution in [0.3, 0.4) is 0 Å². The first-order chi connectivity index (χ1) is 11.8. The Labute approximate surface area is 137 Å². The van der Waals surface area contributed by atoms with Crippen LogP contribution < -0.4 is 0 Å².